The van der Waals surface area contributed by atoms with Gasteiger partial charge in [-0.2, -0.15) is 11.8 Å². The molecule has 15 nitrogen and oxygen atoms in total. The van der Waals surface area contributed by atoms with Crippen molar-refractivity contribution in [3.8, 4) is 0 Å². The second-order valence-corrected chi connectivity index (χ2v) is 8.46. The average Bonchev–Trinajstić information content (AvgIpc) is 2.79. The summed E-state index contributed by atoms with van der Waals surface area (Å²) < 4.78 is 0. The van der Waals surface area contributed by atoms with Crippen LogP contribution in [0.1, 0.15) is 32.1 Å². The number of rotatable bonds is 18. The van der Waals surface area contributed by atoms with E-state index in [2.05, 4.69) is 20.9 Å². The largest absolute Gasteiger partial charge is 0.481 e. The molecule has 0 aromatic carbocycles. The highest BCUT2D eigenvalue weighted by Gasteiger charge is 2.30. The predicted octanol–water partition coefficient (Wildman–Crippen LogP) is -3.48. The number of aliphatic hydroxyl groups is 1. The zero-order valence-corrected chi connectivity index (χ0v) is 20.3. The maximum atomic E-state index is 12.6. The molecule has 0 saturated heterocycles. The predicted molar refractivity (Wildman–Crippen MR) is 128 cm³/mol. The number of carboxylic acids is 2. The smallest absolute Gasteiger partial charge is 0.326 e. The Kier molecular flexibility index (Phi) is 15.8. The van der Waals surface area contributed by atoms with Gasteiger partial charge in [0.05, 0.1) is 12.6 Å². The fourth-order valence-corrected chi connectivity index (χ4v) is 3.17. The highest BCUT2D eigenvalue weighted by molar-refractivity contribution is 7.98. The number of thioether (sulfide) groups is 1. The average molecular weight is 522 g/mol. The summed E-state index contributed by atoms with van der Waals surface area (Å²) in [7, 11) is 0. The van der Waals surface area contributed by atoms with Crippen LogP contribution in [-0.4, -0.2) is 100 Å². The molecule has 0 saturated carbocycles. The molecule has 0 aromatic heterocycles. The Morgan fingerprint density at radius 3 is 1.97 bits per heavy atom. The number of carbonyl (C=O) groups excluding carboxylic acids is 3. The third-order valence-corrected chi connectivity index (χ3v) is 5.27. The van der Waals surface area contributed by atoms with Crippen LogP contribution >= 0.6 is 11.8 Å². The van der Waals surface area contributed by atoms with Crippen LogP contribution in [0.2, 0.25) is 0 Å². The number of nitrogens with one attached hydrogen (secondary N) is 3. The molecule has 3 amide bonds. The lowest BCUT2D eigenvalue weighted by Gasteiger charge is -2.24. The molecule has 0 bridgehead atoms. The Morgan fingerprint density at radius 2 is 1.46 bits per heavy atom. The zero-order chi connectivity index (χ0) is 27.0. The lowest BCUT2D eigenvalue weighted by Crippen LogP contribution is -2.58. The van der Waals surface area contributed by atoms with Gasteiger partial charge in [-0.15, -0.1) is 0 Å². The number of guanidine groups is 1. The Bertz CT molecular complexity index is 763. The Hall–Kier alpha value is -3.11. The summed E-state index contributed by atoms with van der Waals surface area (Å²) in [5.74, 6) is -4.78. The van der Waals surface area contributed by atoms with E-state index in [-0.39, 0.29) is 31.8 Å². The minimum atomic E-state index is -1.47. The van der Waals surface area contributed by atoms with E-state index in [1.54, 1.807) is 6.26 Å². The first-order valence-corrected chi connectivity index (χ1v) is 12.1. The van der Waals surface area contributed by atoms with Crippen molar-refractivity contribution in [2.75, 3.05) is 25.2 Å². The van der Waals surface area contributed by atoms with Crippen molar-refractivity contribution in [1.82, 2.24) is 16.0 Å². The molecule has 200 valence electrons. The summed E-state index contributed by atoms with van der Waals surface area (Å²) in [5, 5.41) is 34.5. The molecular weight excluding hydrogens is 486 g/mol. The summed E-state index contributed by atoms with van der Waals surface area (Å²) in [5.41, 5.74) is 16.2. The first kappa shape index (κ1) is 31.9. The number of nitrogens with two attached hydrogens (primary N) is 3. The van der Waals surface area contributed by atoms with Crippen molar-refractivity contribution >= 4 is 47.4 Å². The number of hydrogen-bond acceptors (Lipinski definition) is 9. The summed E-state index contributed by atoms with van der Waals surface area (Å²) in [6.45, 7) is -0.533. The van der Waals surface area contributed by atoms with Gasteiger partial charge in [-0.25, -0.2) is 4.79 Å². The van der Waals surface area contributed by atoms with Gasteiger partial charge in [0.2, 0.25) is 17.7 Å². The molecule has 0 aliphatic rings. The summed E-state index contributed by atoms with van der Waals surface area (Å²) in [6, 6.07) is -5.09. The van der Waals surface area contributed by atoms with Gasteiger partial charge in [0.1, 0.15) is 18.1 Å². The molecule has 0 fully saturated rings. The van der Waals surface area contributed by atoms with E-state index in [9.17, 15) is 34.2 Å². The van der Waals surface area contributed by atoms with Gasteiger partial charge in [0.25, 0.3) is 0 Å². The van der Waals surface area contributed by atoms with Crippen LogP contribution in [-0.2, 0) is 24.0 Å². The van der Waals surface area contributed by atoms with Gasteiger partial charge in [-0.3, -0.25) is 24.2 Å². The molecule has 0 radical (unpaired) electrons. The van der Waals surface area contributed by atoms with Crippen molar-refractivity contribution < 1.29 is 39.3 Å². The Labute approximate surface area is 206 Å². The maximum absolute atomic E-state index is 12.6. The van der Waals surface area contributed by atoms with Crippen LogP contribution in [0.5, 0.6) is 0 Å². The van der Waals surface area contributed by atoms with Crippen LogP contribution in [0.3, 0.4) is 0 Å². The van der Waals surface area contributed by atoms with Crippen LogP contribution in [0.4, 0.5) is 0 Å². The van der Waals surface area contributed by atoms with Gasteiger partial charge in [-0.1, -0.05) is 0 Å². The van der Waals surface area contributed by atoms with E-state index in [0.717, 1.165) is 0 Å². The van der Waals surface area contributed by atoms with E-state index in [1.807, 2.05) is 0 Å². The molecule has 4 atom stereocenters. The standard InChI is InChI=1S/C19H35N7O8S/c1-35-8-6-11(16(31)25-12(18(33)34)4-5-14(28)29)24-17(32)13(9-27)26-15(30)10(20)3-2-7-23-19(21)22/h10-13,27H,2-9,20H2,1H3,(H,24,32)(H,25,31)(H,26,30)(H,28,29)(H,33,34)(H4,21,22,23). The van der Waals surface area contributed by atoms with Gasteiger partial charge in [0.15, 0.2) is 5.96 Å². The molecule has 16 heteroatoms. The van der Waals surface area contributed by atoms with Gasteiger partial charge < -0.3 is 48.5 Å². The van der Waals surface area contributed by atoms with Crippen molar-refractivity contribution in [2.24, 2.45) is 22.2 Å². The quantitative estimate of drug-likeness (QED) is 0.0483. The van der Waals surface area contributed by atoms with Crippen molar-refractivity contribution in [3.05, 3.63) is 0 Å². The molecule has 12 N–H and O–H groups in total. The lowest BCUT2D eigenvalue weighted by atomic mass is 10.1. The minimum Gasteiger partial charge on any atom is -0.481 e. The van der Waals surface area contributed by atoms with E-state index < -0.39 is 66.9 Å². The fourth-order valence-electron chi connectivity index (χ4n) is 2.70. The number of carbonyl (C=O) groups is 5. The number of hydrogen-bond donors (Lipinski definition) is 9. The normalized spacial score (nSPS) is 14.0. The Morgan fingerprint density at radius 1 is 0.886 bits per heavy atom. The van der Waals surface area contributed by atoms with Crippen LogP contribution < -0.4 is 33.2 Å². The highest BCUT2D eigenvalue weighted by atomic mass is 32.2. The molecule has 0 aromatic rings. The molecule has 0 rings (SSSR count). The first-order valence-electron chi connectivity index (χ1n) is 10.7. The second-order valence-electron chi connectivity index (χ2n) is 7.47. The van der Waals surface area contributed by atoms with E-state index in [0.29, 0.717) is 12.2 Å². The van der Waals surface area contributed by atoms with E-state index in [4.69, 9.17) is 22.3 Å². The van der Waals surface area contributed by atoms with Gasteiger partial charge >= 0.3 is 11.9 Å². The number of nitrogens with zero attached hydrogens (tertiary/aromatic N) is 1. The van der Waals surface area contributed by atoms with Gasteiger partial charge in [-0.05, 0) is 37.7 Å². The van der Waals surface area contributed by atoms with E-state index >= 15 is 0 Å². The van der Waals surface area contributed by atoms with Crippen molar-refractivity contribution in [1.29, 1.82) is 0 Å². The Balaban J connectivity index is 5.13. The molecule has 0 aliphatic heterocycles. The number of amides is 3. The van der Waals surface area contributed by atoms with Crippen LogP contribution in [0.15, 0.2) is 4.99 Å². The fraction of sp³-hybridized carbons (Fsp3) is 0.684. The molecule has 35 heavy (non-hydrogen) atoms. The van der Waals surface area contributed by atoms with Crippen LogP contribution in [0.25, 0.3) is 0 Å². The third-order valence-electron chi connectivity index (χ3n) is 4.63. The molecule has 0 aliphatic carbocycles. The SMILES string of the molecule is CSCCC(NC(=O)C(CO)NC(=O)C(N)CCCN=C(N)N)C(=O)NC(CCC(=O)O)C(=O)O. The topological polar surface area (TPSA) is 273 Å². The second kappa shape index (κ2) is 17.3. The number of aliphatic carboxylic acids is 2. The summed E-state index contributed by atoms with van der Waals surface area (Å²) >= 11 is 1.37. The first-order chi connectivity index (χ1) is 16.4. The number of carboxylic acid groups (broad SMARTS) is 2. The lowest BCUT2D eigenvalue weighted by molar-refractivity contribution is -0.143. The van der Waals surface area contributed by atoms with Crippen LogP contribution in [0, 0.1) is 0 Å². The molecule has 4 unspecified atom stereocenters. The molecule has 0 heterocycles. The zero-order valence-electron chi connectivity index (χ0n) is 19.4. The molecule has 0 spiro atoms. The van der Waals surface area contributed by atoms with E-state index in [1.165, 1.54) is 11.8 Å². The highest BCUT2D eigenvalue weighted by Crippen LogP contribution is 2.05. The third kappa shape index (κ3) is 14.0. The summed E-state index contributed by atoms with van der Waals surface area (Å²) in [6.07, 6.45) is 1.63. The van der Waals surface area contributed by atoms with Crippen molar-refractivity contribution in [2.45, 2.75) is 56.3 Å². The monoisotopic (exact) mass is 521 g/mol. The minimum absolute atomic E-state index is 0.100. The van der Waals surface area contributed by atoms with Crippen molar-refractivity contribution in [3.63, 3.8) is 0 Å². The number of aliphatic imine (C=N–C) groups is 1. The maximum Gasteiger partial charge on any atom is 0.326 e. The molecular formula is C19H35N7O8S. The summed E-state index contributed by atoms with van der Waals surface area (Å²) in [4.78, 5) is 63.4. The number of aliphatic hydroxyl groups excluding tert-OH is 1. The van der Waals surface area contributed by atoms with Gasteiger partial charge in [0, 0.05) is 13.0 Å².